The monoisotopic (exact) mass is 276 g/mol. The van der Waals surface area contributed by atoms with Crippen molar-refractivity contribution in [3.63, 3.8) is 0 Å². The number of benzene rings is 1. The van der Waals surface area contributed by atoms with Gasteiger partial charge in [0.1, 0.15) is 5.01 Å². The predicted molar refractivity (Wildman–Crippen MR) is 76.2 cm³/mol. The molecule has 0 saturated heterocycles. The van der Waals surface area contributed by atoms with Gasteiger partial charge in [0.15, 0.2) is 0 Å². The molecule has 0 bridgehead atoms. The Labute approximate surface area is 115 Å². The number of hydrogen-bond donors (Lipinski definition) is 2. The lowest BCUT2D eigenvalue weighted by Gasteiger charge is -2.06. The number of hydrogen-bond acceptors (Lipinski definition) is 5. The van der Waals surface area contributed by atoms with Crippen LogP contribution in [0.25, 0.3) is 0 Å². The molecular formula is C13H16N4OS. The van der Waals surface area contributed by atoms with Crippen molar-refractivity contribution in [1.29, 1.82) is 0 Å². The third-order valence-electron chi connectivity index (χ3n) is 2.63. The van der Waals surface area contributed by atoms with E-state index in [4.69, 9.17) is 5.73 Å². The van der Waals surface area contributed by atoms with Crippen LogP contribution in [-0.4, -0.2) is 16.1 Å². The first-order valence-corrected chi connectivity index (χ1v) is 6.98. The Hall–Kier alpha value is -1.79. The van der Waals surface area contributed by atoms with Crippen LogP contribution in [0, 0.1) is 0 Å². The van der Waals surface area contributed by atoms with Gasteiger partial charge in [0, 0.05) is 18.5 Å². The van der Waals surface area contributed by atoms with E-state index in [1.54, 1.807) is 6.07 Å². The van der Waals surface area contributed by atoms with Crippen molar-refractivity contribution in [2.45, 2.75) is 26.3 Å². The van der Waals surface area contributed by atoms with E-state index in [0.717, 1.165) is 23.4 Å². The Morgan fingerprint density at radius 3 is 2.89 bits per heavy atom. The summed E-state index contributed by atoms with van der Waals surface area (Å²) in [5.74, 6) is -0.194. The molecule has 3 N–H and O–H groups in total. The minimum absolute atomic E-state index is 0.194. The van der Waals surface area contributed by atoms with Crippen LogP contribution in [0.5, 0.6) is 0 Å². The summed E-state index contributed by atoms with van der Waals surface area (Å²) < 4.78 is 0. The smallest absolute Gasteiger partial charge is 0.257 e. The minimum atomic E-state index is -0.194. The molecule has 0 spiro atoms. The molecule has 2 rings (SSSR count). The van der Waals surface area contributed by atoms with Crippen molar-refractivity contribution in [2.24, 2.45) is 5.73 Å². The molecule has 0 radical (unpaired) electrons. The molecule has 0 aliphatic carbocycles. The number of nitrogens with two attached hydrogens (primary N) is 1. The quantitative estimate of drug-likeness (QED) is 0.877. The van der Waals surface area contributed by atoms with Gasteiger partial charge in [-0.2, -0.15) is 0 Å². The van der Waals surface area contributed by atoms with Gasteiger partial charge in [0.25, 0.3) is 5.91 Å². The fourth-order valence-corrected chi connectivity index (χ4v) is 2.54. The van der Waals surface area contributed by atoms with E-state index in [1.165, 1.54) is 11.3 Å². The van der Waals surface area contributed by atoms with E-state index >= 15 is 0 Å². The number of nitrogens with zero attached hydrogens (tertiary/aromatic N) is 2. The first kappa shape index (κ1) is 13.6. The Kier molecular flexibility index (Phi) is 4.59. The number of anilines is 1. The lowest BCUT2D eigenvalue weighted by Crippen LogP contribution is -2.15. The second kappa shape index (κ2) is 6.40. The second-order valence-corrected chi connectivity index (χ2v) is 5.13. The highest BCUT2D eigenvalue weighted by molar-refractivity contribution is 7.15. The standard InChI is InChI=1S/C13H16N4OS/c1-2-5-11-16-17-13(19-11)15-12(18)10-7-4-3-6-9(10)8-14/h3-4,6-7H,2,5,8,14H2,1H3,(H,15,17,18). The van der Waals surface area contributed by atoms with Crippen molar-refractivity contribution in [3.05, 3.63) is 40.4 Å². The number of rotatable bonds is 5. The van der Waals surface area contributed by atoms with Crippen LogP contribution >= 0.6 is 11.3 Å². The zero-order valence-corrected chi connectivity index (χ0v) is 11.5. The highest BCUT2D eigenvalue weighted by Gasteiger charge is 2.12. The summed E-state index contributed by atoms with van der Waals surface area (Å²) in [6, 6.07) is 7.28. The zero-order chi connectivity index (χ0) is 13.7. The first-order chi connectivity index (χ1) is 9.24. The fourth-order valence-electron chi connectivity index (χ4n) is 1.70. The maximum absolute atomic E-state index is 12.1. The molecule has 0 aliphatic heterocycles. The van der Waals surface area contributed by atoms with Crippen LogP contribution < -0.4 is 11.1 Å². The summed E-state index contributed by atoms with van der Waals surface area (Å²) in [4.78, 5) is 12.1. The second-order valence-electron chi connectivity index (χ2n) is 4.07. The molecule has 0 fully saturated rings. The van der Waals surface area contributed by atoms with E-state index < -0.39 is 0 Å². The molecule has 19 heavy (non-hydrogen) atoms. The van der Waals surface area contributed by atoms with Crippen LogP contribution in [0.15, 0.2) is 24.3 Å². The number of carbonyl (C=O) groups is 1. The van der Waals surface area contributed by atoms with Crippen LogP contribution in [0.4, 0.5) is 5.13 Å². The van der Waals surface area contributed by atoms with Crippen molar-refractivity contribution >= 4 is 22.4 Å². The Bertz CT molecular complexity index is 567. The largest absolute Gasteiger partial charge is 0.326 e. The Morgan fingerprint density at radius 2 is 2.16 bits per heavy atom. The lowest BCUT2D eigenvalue weighted by atomic mass is 10.1. The number of aromatic nitrogens is 2. The molecule has 1 amide bonds. The first-order valence-electron chi connectivity index (χ1n) is 6.16. The van der Waals surface area contributed by atoms with Gasteiger partial charge in [-0.1, -0.05) is 36.5 Å². The molecule has 0 unspecified atom stereocenters. The van der Waals surface area contributed by atoms with Gasteiger partial charge in [-0.25, -0.2) is 0 Å². The van der Waals surface area contributed by atoms with E-state index in [1.807, 2.05) is 18.2 Å². The van der Waals surface area contributed by atoms with Gasteiger partial charge in [-0.05, 0) is 18.1 Å². The molecule has 5 nitrogen and oxygen atoms in total. The molecule has 0 aliphatic rings. The number of carbonyl (C=O) groups excluding carboxylic acids is 1. The van der Waals surface area contributed by atoms with Crippen LogP contribution in [0.2, 0.25) is 0 Å². The van der Waals surface area contributed by atoms with E-state index in [0.29, 0.717) is 17.2 Å². The predicted octanol–water partition coefficient (Wildman–Crippen LogP) is 2.20. The lowest BCUT2D eigenvalue weighted by molar-refractivity contribution is 0.102. The van der Waals surface area contributed by atoms with Gasteiger partial charge < -0.3 is 5.73 Å². The SMILES string of the molecule is CCCc1nnc(NC(=O)c2ccccc2CN)s1. The van der Waals surface area contributed by atoms with E-state index in [-0.39, 0.29) is 5.91 Å². The number of nitrogens with one attached hydrogen (secondary N) is 1. The fraction of sp³-hybridized carbons (Fsp3) is 0.308. The van der Waals surface area contributed by atoms with Crippen molar-refractivity contribution < 1.29 is 4.79 Å². The number of aryl methyl sites for hydroxylation is 1. The molecule has 6 heteroatoms. The molecule has 0 saturated carbocycles. The summed E-state index contributed by atoms with van der Waals surface area (Å²) >= 11 is 1.41. The van der Waals surface area contributed by atoms with Gasteiger partial charge in [0.05, 0.1) is 0 Å². The highest BCUT2D eigenvalue weighted by Crippen LogP contribution is 2.18. The van der Waals surface area contributed by atoms with Gasteiger partial charge in [0.2, 0.25) is 5.13 Å². The van der Waals surface area contributed by atoms with Gasteiger partial charge in [-0.15, -0.1) is 10.2 Å². The summed E-state index contributed by atoms with van der Waals surface area (Å²) in [5.41, 5.74) is 7.02. The summed E-state index contributed by atoms with van der Waals surface area (Å²) in [6.45, 7) is 2.41. The number of amides is 1. The maximum atomic E-state index is 12.1. The van der Waals surface area contributed by atoms with Gasteiger partial charge >= 0.3 is 0 Å². The average Bonchev–Trinajstić information content (AvgIpc) is 2.86. The van der Waals surface area contributed by atoms with Gasteiger partial charge in [-0.3, -0.25) is 10.1 Å². The third-order valence-corrected chi connectivity index (χ3v) is 3.53. The molecule has 1 heterocycles. The van der Waals surface area contributed by atoms with E-state index in [2.05, 4.69) is 22.4 Å². The van der Waals surface area contributed by atoms with Crippen LogP contribution in [0.1, 0.15) is 34.3 Å². The average molecular weight is 276 g/mol. The minimum Gasteiger partial charge on any atom is -0.326 e. The van der Waals surface area contributed by atoms with Crippen molar-refractivity contribution in [1.82, 2.24) is 10.2 Å². The molecule has 1 aromatic carbocycles. The summed E-state index contributed by atoms with van der Waals surface area (Å²) in [6.07, 6.45) is 1.89. The molecular weight excluding hydrogens is 260 g/mol. The van der Waals surface area contributed by atoms with E-state index in [9.17, 15) is 4.79 Å². The molecule has 100 valence electrons. The van der Waals surface area contributed by atoms with Crippen LogP contribution in [0.3, 0.4) is 0 Å². The zero-order valence-electron chi connectivity index (χ0n) is 10.7. The van der Waals surface area contributed by atoms with Crippen LogP contribution in [-0.2, 0) is 13.0 Å². The third kappa shape index (κ3) is 3.36. The summed E-state index contributed by atoms with van der Waals surface area (Å²) in [7, 11) is 0. The van der Waals surface area contributed by atoms with Crippen molar-refractivity contribution in [2.75, 3.05) is 5.32 Å². The molecule has 1 aromatic heterocycles. The molecule has 2 aromatic rings. The summed E-state index contributed by atoms with van der Waals surface area (Å²) in [5, 5.41) is 12.2. The highest BCUT2D eigenvalue weighted by atomic mass is 32.1. The Morgan fingerprint density at radius 1 is 1.37 bits per heavy atom. The Balaban J connectivity index is 2.11. The van der Waals surface area contributed by atoms with Crippen molar-refractivity contribution in [3.8, 4) is 0 Å². The maximum Gasteiger partial charge on any atom is 0.257 e. The molecule has 0 atom stereocenters. The normalized spacial score (nSPS) is 10.4. The topological polar surface area (TPSA) is 80.9 Å².